The molecular weight excluding hydrogens is 575 g/mol. The first-order chi connectivity index (χ1) is 22.4. The van der Waals surface area contributed by atoms with Gasteiger partial charge in [-0.05, 0) is 98.4 Å². The molecule has 3 heterocycles. The number of fused-ring (bicyclic) bond motifs is 5. The first kappa shape index (κ1) is 29.7. The monoisotopic (exact) mass is 618 g/mol. The average molecular weight is 619 g/mol. The van der Waals surface area contributed by atoms with E-state index in [0.717, 1.165) is 22.9 Å². The molecule has 3 aliphatic heterocycles. The SMILES string of the molecule is CC(C)c1cc2c3c(c1)N(c1ccccc1)c1cc4c(cc1B3c1cc(C(C)(C)C)ccc1N2c1ccc(C(C)(C)C)cc1)OCO4. The molecule has 5 heteroatoms. The van der Waals surface area contributed by atoms with Crippen molar-refractivity contribution in [3.8, 4) is 11.5 Å². The molecule has 0 saturated carbocycles. The predicted molar refractivity (Wildman–Crippen MR) is 198 cm³/mol. The van der Waals surface area contributed by atoms with Crippen molar-refractivity contribution in [3.63, 3.8) is 0 Å². The summed E-state index contributed by atoms with van der Waals surface area (Å²) in [6.07, 6.45) is 0. The van der Waals surface area contributed by atoms with Crippen LogP contribution < -0.4 is 35.7 Å². The van der Waals surface area contributed by atoms with Crippen LogP contribution in [0.3, 0.4) is 0 Å². The van der Waals surface area contributed by atoms with Crippen molar-refractivity contribution in [1.29, 1.82) is 0 Å². The van der Waals surface area contributed by atoms with E-state index in [2.05, 4.69) is 162 Å². The zero-order chi connectivity index (χ0) is 32.8. The summed E-state index contributed by atoms with van der Waals surface area (Å²) in [7, 11) is 0. The van der Waals surface area contributed by atoms with Gasteiger partial charge in [0.15, 0.2) is 11.5 Å². The molecule has 0 unspecified atom stereocenters. The maximum absolute atomic E-state index is 6.03. The van der Waals surface area contributed by atoms with Crippen LogP contribution in [0.25, 0.3) is 0 Å². The highest BCUT2D eigenvalue weighted by atomic mass is 16.7. The molecule has 8 rings (SSSR count). The van der Waals surface area contributed by atoms with Crippen LogP contribution in [0.4, 0.5) is 34.1 Å². The smallest absolute Gasteiger partial charge is 0.252 e. The van der Waals surface area contributed by atoms with Gasteiger partial charge in [0.05, 0.1) is 0 Å². The summed E-state index contributed by atoms with van der Waals surface area (Å²) < 4.78 is 12.0. The number of hydrogen-bond acceptors (Lipinski definition) is 4. The fraction of sp³-hybridized carbons (Fsp3) is 0.286. The molecule has 0 aromatic heterocycles. The van der Waals surface area contributed by atoms with Crippen LogP contribution in [0.5, 0.6) is 11.5 Å². The molecule has 0 N–H and O–H groups in total. The largest absolute Gasteiger partial charge is 0.454 e. The molecule has 0 amide bonds. The van der Waals surface area contributed by atoms with E-state index < -0.39 is 0 Å². The van der Waals surface area contributed by atoms with Crippen molar-refractivity contribution in [2.24, 2.45) is 0 Å². The lowest BCUT2D eigenvalue weighted by Crippen LogP contribution is -2.61. The molecular formula is C42H43BN2O2. The zero-order valence-corrected chi connectivity index (χ0v) is 28.8. The Labute approximate surface area is 280 Å². The Hall–Kier alpha value is -4.64. The first-order valence-electron chi connectivity index (χ1n) is 16.9. The third-order valence-corrected chi connectivity index (χ3v) is 10.1. The Morgan fingerprint density at radius 1 is 0.574 bits per heavy atom. The molecule has 0 saturated heterocycles. The second kappa shape index (κ2) is 10.4. The van der Waals surface area contributed by atoms with Crippen LogP contribution >= 0.6 is 0 Å². The van der Waals surface area contributed by atoms with E-state index in [0.29, 0.717) is 5.92 Å². The fourth-order valence-electron chi connectivity index (χ4n) is 7.45. The molecule has 0 fully saturated rings. The van der Waals surface area contributed by atoms with Gasteiger partial charge >= 0.3 is 0 Å². The Morgan fingerprint density at radius 3 is 1.74 bits per heavy atom. The zero-order valence-electron chi connectivity index (χ0n) is 28.8. The normalized spacial score (nSPS) is 14.7. The lowest BCUT2D eigenvalue weighted by molar-refractivity contribution is 0.174. The number of para-hydroxylation sites is 1. The third kappa shape index (κ3) is 4.73. The third-order valence-electron chi connectivity index (χ3n) is 10.1. The van der Waals surface area contributed by atoms with E-state index in [9.17, 15) is 0 Å². The molecule has 3 aliphatic rings. The maximum Gasteiger partial charge on any atom is 0.252 e. The number of anilines is 6. The van der Waals surface area contributed by atoms with E-state index in [1.807, 2.05) is 0 Å². The molecule has 0 radical (unpaired) electrons. The fourth-order valence-corrected chi connectivity index (χ4v) is 7.45. The summed E-state index contributed by atoms with van der Waals surface area (Å²) in [5.41, 5.74) is 15.0. The number of benzene rings is 5. The summed E-state index contributed by atoms with van der Waals surface area (Å²) in [5.74, 6) is 1.96. The molecule has 0 aliphatic carbocycles. The van der Waals surface area contributed by atoms with E-state index in [4.69, 9.17) is 9.47 Å². The van der Waals surface area contributed by atoms with Crippen LogP contribution in [0.15, 0.2) is 97.1 Å². The summed E-state index contributed by atoms with van der Waals surface area (Å²) in [4.78, 5) is 4.95. The lowest BCUT2D eigenvalue weighted by atomic mass is 9.33. The molecule has 4 nitrogen and oxygen atoms in total. The molecule has 236 valence electrons. The standard InChI is InChI=1S/C42H43BN2O2/c1-26(2)27-20-36-40-37(21-27)45(30-12-10-9-11-13-30)35-24-39-38(46-25-47-39)23-33(35)43(40)32-22-29(42(6,7)8)16-19-34(32)44(36)31-17-14-28(15-18-31)41(3,4)5/h9-24,26H,25H2,1-8H3. The van der Waals surface area contributed by atoms with E-state index in [1.54, 1.807) is 0 Å². The van der Waals surface area contributed by atoms with Crippen LogP contribution in [-0.2, 0) is 10.8 Å². The number of ether oxygens (including phenoxy) is 2. The molecule has 5 aromatic rings. The highest BCUT2D eigenvalue weighted by Gasteiger charge is 2.45. The van der Waals surface area contributed by atoms with Gasteiger partial charge in [-0.2, -0.15) is 0 Å². The van der Waals surface area contributed by atoms with E-state index in [1.165, 1.54) is 55.8 Å². The number of hydrogen-bond donors (Lipinski definition) is 0. The van der Waals surface area contributed by atoms with Crippen LogP contribution in [0, 0.1) is 0 Å². The van der Waals surface area contributed by atoms with Gasteiger partial charge in [-0.25, -0.2) is 0 Å². The van der Waals surface area contributed by atoms with Gasteiger partial charge in [-0.1, -0.05) is 97.9 Å². The van der Waals surface area contributed by atoms with Gasteiger partial charge in [0.1, 0.15) is 0 Å². The Bertz CT molecular complexity index is 2020. The minimum atomic E-state index is 0.00127. The van der Waals surface area contributed by atoms with E-state index in [-0.39, 0.29) is 24.3 Å². The van der Waals surface area contributed by atoms with Crippen molar-refractivity contribution in [2.45, 2.75) is 72.1 Å². The summed E-state index contributed by atoms with van der Waals surface area (Å²) in [6.45, 7) is 18.6. The van der Waals surface area contributed by atoms with Gasteiger partial charge < -0.3 is 19.3 Å². The Morgan fingerprint density at radius 2 is 1.13 bits per heavy atom. The molecule has 0 bridgehead atoms. The summed E-state index contributed by atoms with van der Waals surface area (Å²) in [5, 5.41) is 0. The van der Waals surface area contributed by atoms with Crippen molar-refractivity contribution in [2.75, 3.05) is 16.6 Å². The minimum absolute atomic E-state index is 0.00127. The van der Waals surface area contributed by atoms with Crippen molar-refractivity contribution in [1.82, 2.24) is 0 Å². The predicted octanol–water partition coefficient (Wildman–Crippen LogP) is 9.22. The van der Waals surface area contributed by atoms with Crippen molar-refractivity contribution in [3.05, 3.63) is 114 Å². The highest BCUT2D eigenvalue weighted by molar-refractivity contribution is 7.00. The molecule has 5 aromatic carbocycles. The minimum Gasteiger partial charge on any atom is -0.454 e. The second-order valence-corrected chi connectivity index (χ2v) is 15.7. The molecule has 47 heavy (non-hydrogen) atoms. The maximum atomic E-state index is 6.03. The lowest BCUT2D eigenvalue weighted by Gasteiger charge is -2.45. The number of nitrogens with zero attached hydrogens (tertiary/aromatic N) is 2. The van der Waals surface area contributed by atoms with Gasteiger partial charge in [0, 0.05) is 40.2 Å². The van der Waals surface area contributed by atoms with Crippen LogP contribution in [0.2, 0.25) is 0 Å². The van der Waals surface area contributed by atoms with Gasteiger partial charge in [-0.15, -0.1) is 0 Å². The molecule has 0 spiro atoms. The average Bonchev–Trinajstić information content (AvgIpc) is 3.50. The first-order valence-corrected chi connectivity index (χ1v) is 16.9. The Kier molecular flexibility index (Phi) is 6.60. The van der Waals surface area contributed by atoms with Crippen molar-refractivity contribution < 1.29 is 9.47 Å². The summed E-state index contributed by atoms with van der Waals surface area (Å²) >= 11 is 0. The van der Waals surface area contributed by atoms with Gasteiger partial charge in [0.25, 0.3) is 6.71 Å². The van der Waals surface area contributed by atoms with Gasteiger partial charge in [0.2, 0.25) is 6.79 Å². The van der Waals surface area contributed by atoms with Crippen molar-refractivity contribution >= 4 is 57.2 Å². The quantitative estimate of drug-likeness (QED) is 0.184. The van der Waals surface area contributed by atoms with E-state index >= 15 is 0 Å². The van der Waals surface area contributed by atoms with Gasteiger partial charge in [-0.3, -0.25) is 0 Å². The second-order valence-electron chi connectivity index (χ2n) is 15.7. The number of rotatable bonds is 3. The summed E-state index contributed by atoms with van der Waals surface area (Å²) in [6, 6.07) is 36.4. The molecule has 0 atom stereocenters. The highest BCUT2D eigenvalue weighted by Crippen LogP contribution is 2.48. The topological polar surface area (TPSA) is 24.9 Å². The Balaban J connectivity index is 1.48. The van der Waals surface area contributed by atoms with Crippen LogP contribution in [-0.4, -0.2) is 13.5 Å². The van der Waals surface area contributed by atoms with Crippen LogP contribution in [0.1, 0.15) is 78.0 Å².